The third-order valence-corrected chi connectivity index (χ3v) is 7.83. The van der Waals surface area contributed by atoms with Gasteiger partial charge in [0, 0.05) is 83.1 Å². The van der Waals surface area contributed by atoms with E-state index in [0.717, 1.165) is 74.9 Å². The van der Waals surface area contributed by atoms with Crippen molar-refractivity contribution >= 4 is 22.5 Å². The largest absolute Gasteiger partial charge is 0.370 e. The maximum Gasteiger partial charge on any atom is 0.253 e. The van der Waals surface area contributed by atoms with E-state index >= 15 is 0 Å². The molecule has 0 aromatic carbocycles. The van der Waals surface area contributed by atoms with Gasteiger partial charge in [-0.05, 0) is 37.6 Å². The first-order valence-electron chi connectivity index (χ1n) is 13.0. The molecule has 6 rings (SSSR count). The van der Waals surface area contributed by atoms with Gasteiger partial charge in [0.15, 0.2) is 0 Å². The average Bonchev–Trinajstić information content (AvgIpc) is 3.26. The van der Waals surface area contributed by atoms with Gasteiger partial charge < -0.3 is 19.9 Å². The van der Waals surface area contributed by atoms with Crippen LogP contribution in [-0.4, -0.2) is 77.5 Å². The lowest BCUT2D eigenvalue weighted by atomic mass is 10.1. The summed E-state index contributed by atoms with van der Waals surface area (Å²) in [6, 6.07) is 10.5. The van der Waals surface area contributed by atoms with E-state index in [9.17, 15) is 4.79 Å². The van der Waals surface area contributed by atoms with E-state index in [1.54, 1.807) is 23.9 Å². The second-order valence-electron chi connectivity index (χ2n) is 10.4. The topological polar surface area (TPSA) is 78.8 Å². The number of rotatable bonds is 4. The molecule has 0 amide bonds. The van der Waals surface area contributed by atoms with Crippen LogP contribution in [0.3, 0.4) is 0 Å². The molecule has 36 heavy (non-hydrogen) atoms. The highest BCUT2D eigenvalue weighted by molar-refractivity contribution is 5.89. The number of aromatic nitrogens is 3. The Morgan fingerprint density at radius 1 is 1.08 bits per heavy atom. The Balaban J connectivity index is 1.12. The third-order valence-electron chi connectivity index (χ3n) is 7.83. The zero-order valence-corrected chi connectivity index (χ0v) is 21.4. The maximum absolute atomic E-state index is 12.6. The van der Waals surface area contributed by atoms with Crippen LogP contribution in [0.2, 0.25) is 0 Å². The number of piperazine rings is 1. The van der Waals surface area contributed by atoms with Crippen molar-refractivity contribution in [3.8, 4) is 0 Å². The van der Waals surface area contributed by atoms with E-state index in [0.29, 0.717) is 6.04 Å². The van der Waals surface area contributed by atoms with Gasteiger partial charge >= 0.3 is 0 Å². The molecule has 3 aromatic rings. The highest BCUT2D eigenvalue weighted by Crippen LogP contribution is 2.28. The van der Waals surface area contributed by atoms with E-state index in [-0.39, 0.29) is 17.8 Å². The van der Waals surface area contributed by atoms with Gasteiger partial charge in [-0.25, -0.2) is 9.97 Å². The van der Waals surface area contributed by atoms with Gasteiger partial charge in [0.2, 0.25) is 0 Å². The lowest BCUT2D eigenvalue weighted by Gasteiger charge is -2.42. The van der Waals surface area contributed by atoms with Crippen LogP contribution in [0, 0.1) is 0 Å². The summed E-state index contributed by atoms with van der Waals surface area (Å²) in [6.07, 6.45) is 1.92. The molecular formula is C27H35N7O2. The summed E-state index contributed by atoms with van der Waals surface area (Å²) in [5.74, 6) is 1.09. The van der Waals surface area contributed by atoms with E-state index in [2.05, 4.69) is 57.0 Å². The van der Waals surface area contributed by atoms with E-state index in [4.69, 9.17) is 9.72 Å². The number of morpholine rings is 1. The van der Waals surface area contributed by atoms with Crippen molar-refractivity contribution in [2.45, 2.75) is 38.6 Å². The van der Waals surface area contributed by atoms with Crippen molar-refractivity contribution in [3.05, 3.63) is 58.1 Å². The molecule has 3 aromatic heterocycles. The molecule has 9 heteroatoms. The summed E-state index contributed by atoms with van der Waals surface area (Å²) in [5.41, 5.74) is 4.15. The van der Waals surface area contributed by atoms with Crippen LogP contribution >= 0.6 is 0 Å². The zero-order chi connectivity index (χ0) is 24.8. The smallest absolute Gasteiger partial charge is 0.253 e. The van der Waals surface area contributed by atoms with Gasteiger partial charge in [0.25, 0.3) is 5.56 Å². The Hall–Kier alpha value is -3.01. The van der Waals surface area contributed by atoms with Crippen molar-refractivity contribution in [2.24, 2.45) is 7.05 Å². The lowest BCUT2D eigenvalue weighted by Crippen LogP contribution is -2.54. The molecule has 2 fully saturated rings. The molecule has 9 nitrogen and oxygen atoms in total. The molecule has 2 saturated heterocycles. The lowest BCUT2D eigenvalue weighted by molar-refractivity contribution is -0.0327. The summed E-state index contributed by atoms with van der Waals surface area (Å²) in [6.45, 7) is 11.5. The van der Waals surface area contributed by atoms with Crippen molar-refractivity contribution in [1.29, 1.82) is 0 Å². The number of anilines is 2. The number of fused-ring (bicyclic) bond motifs is 2. The zero-order valence-electron chi connectivity index (χ0n) is 21.4. The summed E-state index contributed by atoms with van der Waals surface area (Å²) < 4.78 is 7.98. The van der Waals surface area contributed by atoms with Crippen molar-refractivity contribution in [3.63, 3.8) is 0 Å². The summed E-state index contributed by atoms with van der Waals surface area (Å²) >= 11 is 0. The highest BCUT2D eigenvalue weighted by Gasteiger charge is 2.30. The fraction of sp³-hybridized carbons (Fsp3) is 0.519. The number of hydrogen-bond acceptors (Lipinski definition) is 8. The van der Waals surface area contributed by atoms with Crippen molar-refractivity contribution in [1.82, 2.24) is 24.8 Å². The van der Waals surface area contributed by atoms with E-state index in [1.165, 1.54) is 11.3 Å². The molecule has 0 spiro atoms. The first-order chi connectivity index (χ1) is 17.5. The van der Waals surface area contributed by atoms with Gasteiger partial charge in [0.1, 0.15) is 11.5 Å². The molecule has 0 unspecified atom stereocenters. The van der Waals surface area contributed by atoms with Gasteiger partial charge in [0.05, 0.1) is 23.6 Å². The number of aryl methyl sites for hydroxylation is 1. The molecule has 3 atom stereocenters. The monoisotopic (exact) mass is 489 g/mol. The summed E-state index contributed by atoms with van der Waals surface area (Å²) in [4.78, 5) is 29.3. The van der Waals surface area contributed by atoms with Crippen LogP contribution < -0.4 is 20.7 Å². The molecule has 0 radical (unpaired) electrons. The fourth-order valence-corrected chi connectivity index (χ4v) is 5.88. The van der Waals surface area contributed by atoms with Crippen LogP contribution in [0.5, 0.6) is 0 Å². The Labute approximate surface area is 211 Å². The van der Waals surface area contributed by atoms with Crippen LogP contribution in [0.1, 0.15) is 31.1 Å². The second-order valence-corrected chi connectivity index (χ2v) is 10.4. The first-order valence-corrected chi connectivity index (χ1v) is 13.0. The molecule has 1 N–H and O–H groups in total. The molecule has 6 heterocycles. The number of hydrogen-bond donors (Lipinski definition) is 1. The average molecular weight is 490 g/mol. The van der Waals surface area contributed by atoms with Crippen LogP contribution in [-0.2, 0) is 18.3 Å². The summed E-state index contributed by atoms with van der Waals surface area (Å²) in [7, 11) is 1.78. The normalized spacial score (nSPS) is 24.9. The molecule has 3 aliphatic heterocycles. The minimum atomic E-state index is -0.0339. The standard InChI is InChI=1S/C27H35N7O2/c1-18-15-34(24-13-26(35)31(3)27-22(24)5-4-8-28-27)17-20(36-18)16-32-9-11-33(12-10-32)25-7-6-21-19(2)29-14-23(21)30-25/h4-8,13,18-20,29H,9-12,14-17H2,1-3H3/t18-,19-,20+/m1/s1. The predicted octanol–water partition coefficient (Wildman–Crippen LogP) is 1.91. The number of ether oxygens (including phenoxy) is 1. The predicted molar refractivity (Wildman–Crippen MR) is 142 cm³/mol. The Morgan fingerprint density at radius 2 is 1.92 bits per heavy atom. The van der Waals surface area contributed by atoms with Gasteiger partial charge in [-0.2, -0.15) is 0 Å². The van der Waals surface area contributed by atoms with Crippen LogP contribution in [0.25, 0.3) is 11.0 Å². The van der Waals surface area contributed by atoms with Gasteiger partial charge in [-0.15, -0.1) is 0 Å². The Morgan fingerprint density at radius 3 is 2.75 bits per heavy atom. The first kappa shape index (κ1) is 23.4. The molecule has 0 aliphatic carbocycles. The molecule has 190 valence electrons. The number of pyridine rings is 3. The Kier molecular flexibility index (Phi) is 6.15. The number of nitrogens with one attached hydrogen (secondary N) is 1. The van der Waals surface area contributed by atoms with Crippen LogP contribution in [0.15, 0.2) is 41.3 Å². The Bertz CT molecular complexity index is 1320. The molecular weight excluding hydrogens is 454 g/mol. The van der Waals surface area contributed by atoms with Gasteiger partial charge in [-0.1, -0.05) is 6.07 Å². The minimum Gasteiger partial charge on any atom is -0.370 e. The molecule has 0 bridgehead atoms. The van der Waals surface area contributed by atoms with Crippen molar-refractivity contribution < 1.29 is 4.74 Å². The third kappa shape index (κ3) is 4.36. The second kappa shape index (κ2) is 9.46. The molecule has 0 saturated carbocycles. The van der Waals surface area contributed by atoms with E-state index in [1.807, 2.05) is 6.07 Å². The maximum atomic E-state index is 12.6. The number of nitrogens with zero attached hydrogens (tertiary/aromatic N) is 6. The van der Waals surface area contributed by atoms with E-state index < -0.39 is 0 Å². The quantitative estimate of drug-likeness (QED) is 0.596. The highest BCUT2D eigenvalue weighted by atomic mass is 16.5. The van der Waals surface area contributed by atoms with Gasteiger partial charge in [-0.3, -0.25) is 14.3 Å². The molecule has 3 aliphatic rings. The van der Waals surface area contributed by atoms with Crippen molar-refractivity contribution in [2.75, 3.05) is 55.6 Å². The summed E-state index contributed by atoms with van der Waals surface area (Å²) in [5, 5.41) is 4.48. The minimum absolute atomic E-state index is 0.0339. The SMILES string of the molecule is C[C@@H]1CN(c2cc(=O)n(C)c3ncccc23)C[C@H](CN2CCN(c3ccc4c(n3)CN[C@@H]4C)CC2)O1. The fourth-order valence-electron chi connectivity index (χ4n) is 5.88. The van der Waals surface area contributed by atoms with Crippen LogP contribution in [0.4, 0.5) is 11.5 Å².